The van der Waals surface area contributed by atoms with E-state index in [9.17, 15) is 4.79 Å². The number of amides is 1. The van der Waals surface area contributed by atoms with Gasteiger partial charge in [0.2, 0.25) is 0 Å². The lowest BCUT2D eigenvalue weighted by Crippen LogP contribution is -2.36. The largest absolute Gasteiger partial charge is 0.378 e. The maximum absolute atomic E-state index is 12.3. The Bertz CT molecular complexity index is 907. The van der Waals surface area contributed by atoms with Crippen molar-refractivity contribution in [2.24, 2.45) is 0 Å². The molecule has 132 valence electrons. The first kappa shape index (κ1) is 16.4. The number of rotatable bonds is 4. The van der Waals surface area contributed by atoms with Gasteiger partial charge in [-0.2, -0.15) is 0 Å². The van der Waals surface area contributed by atoms with Crippen LogP contribution in [-0.2, 0) is 11.3 Å². The smallest absolute Gasteiger partial charge is 0.271 e. The van der Waals surface area contributed by atoms with E-state index in [1.54, 1.807) is 6.20 Å². The molecule has 7 nitrogen and oxygen atoms in total. The molecule has 1 aromatic carbocycles. The molecule has 7 heteroatoms. The third-order valence-corrected chi connectivity index (χ3v) is 4.28. The number of ether oxygens (including phenoxy) is 1. The molecule has 4 rings (SSSR count). The van der Waals surface area contributed by atoms with E-state index in [1.807, 2.05) is 36.4 Å². The van der Waals surface area contributed by atoms with Gasteiger partial charge in [0, 0.05) is 25.8 Å². The lowest BCUT2D eigenvalue weighted by Gasteiger charge is -2.27. The van der Waals surface area contributed by atoms with Crippen LogP contribution in [0.25, 0.3) is 11.0 Å². The third kappa shape index (κ3) is 3.62. The van der Waals surface area contributed by atoms with Crippen LogP contribution in [0.3, 0.4) is 0 Å². The van der Waals surface area contributed by atoms with E-state index in [0.717, 1.165) is 43.2 Å². The van der Waals surface area contributed by atoms with Gasteiger partial charge in [-0.1, -0.05) is 18.2 Å². The van der Waals surface area contributed by atoms with Crippen molar-refractivity contribution in [3.63, 3.8) is 0 Å². The molecule has 2 aromatic heterocycles. The highest BCUT2D eigenvalue weighted by Gasteiger charge is 2.12. The summed E-state index contributed by atoms with van der Waals surface area (Å²) in [5.41, 5.74) is 2.72. The van der Waals surface area contributed by atoms with Gasteiger partial charge in [-0.15, -0.1) is 0 Å². The van der Waals surface area contributed by atoms with Crippen LogP contribution in [0.5, 0.6) is 0 Å². The third-order valence-electron chi connectivity index (χ3n) is 4.28. The van der Waals surface area contributed by atoms with E-state index >= 15 is 0 Å². The van der Waals surface area contributed by atoms with Crippen LogP contribution < -0.4 is 10.2 Å². The fourth-order valence-corrected chi connectivity index (χ4v) is 2.84. The SMILES string of the molecule is O=C(NCc1ccc(N2CCOCC2)nc1)c1cnc2ccccc2n1. The van der Waals surface area contributed by atoms with Crippen molar-refractivity contribution in [3.8, 4) is 0 Å². The molecule has 0 saturated carbocycles. The number of hydrogen-bond acceptors (Lipinski definition) is 6. The average Bonchev–Trinajstić information content (AvgIpc) is 2.72. The summed E-state index contributed by atoms with van der Waals surface area (Å²) in [7, 11) is 0. The van der Waals surface area contributed by atoms with Crippen LogP contribution in [0.15, 0.2) is 48.8 Å². The van der Waals surface area contributed by atoms with Gasteiger partial charge in [0.1, 0.15) is 11.5 Å². The standard InChI is InChI=1S/C19H19N5O2/c25-19(17-13-20-15-3-1-2-4-16(15)23-17)22-12-14-5-6-18(21-11-14)24-7-9-26-10-8-24/h1-6,11,13H,7-10,12H2,(H,22,25). The number of pyridine rings is 1. The number of hydrogen-bond donors (Lipinski definition) is 1. The van der Waals surface area contributed by atoms with Crippen molar-refractivity contribution in [1.82, 2.24) is 20.3 Å². The highest BCUT2D eigenvalue weighted by molar-refractivity contribution is 5.93. The number of aromatic nitrogens is 3. The number of carbonyl (C=O) groups is 1. The topological polar surface area (TPSA) is 80.2 Å². The first-order chi connectivity index (χ1) is 12.8. The minimum absolute atomic E-state index is 0.250. The van der Waals surface area contributed by atoms with E-state index in [4.69, 9.17) is 4.74 Å². The molecule has 1 amide bonds. The summed E-state index contributed by atoms with van der Waals surface area (Å²) < 4.78 is 5.35. The van der Waals surface area contributed by atoms with Gasteiger partial charge in [0.25, 0.3) is 5.91 Å². The predicted molar refractivity (Wildman–Crippen MR) is 98.0 cm³/mol. The van der Waals surface area contributed by atoms with Gasteiger partial charge in [0.15, 0.2) is 0 Å². The van der Waals surface area contributed by atoms with E-state index in [2.05, 4.69) is 25.2 Å². The van der Waals surface area contributed by atoms with Crippen LogP contribution in [-0.4, -0.2) is 47.2 Å². The Morgan fingerprint density at radius 3 is 2.62 bits per heavy atom. The average molecular weight is 349 g/mol. The number of morpholine rings is 1. The van der Waals surface area contributed by atoms with Crippen LogP contribution >= 0.6 is 0 Å². The molecule has 3 heterocycles. The molecule has 0 spiro atoms. The maximum Gasteiger partial charge on any atom is 0.271 e. The number of nitrogens with zero attached hydrogens (tertiary/aromatic N) is 4. The zero-order chi connectivity index (χ0) is 17.8. The Balaban J connectivity index is 1.38. The minimum atomic E-state index is -0.250. The molecule has 0 radical (unpaired) electrons. The summed E-state index contributed by atoms with van der Waals surface area (Å²) in [4.78, 5) is 27.6. The maximum atomic E-state index is 12.3. The van der Waals surface area contributed by atoms with Crippen LogP contribution in [0.4, 0.5) is 5.82 Å². The second kappa shape index (κ2) is 7.45. The van der Waals surface area contributed by atoms with Gasteiger partial charge in [-0.25, -0.2) is 9.97 Å². The number of anilines is 1. The summed E-state index contributed by atoms with van der Waals surface area (Å²) in [6, 6.07) is 11.4. The second-order valence-electron chi connectivity index (χ2n) is 6.05. The van der Waals surface area contributed by atoms with Gasteiger partial charge in [-0.3, -0.25) is 9.78 Å². The van der Waals surface area contributed by atoms with E-state index in [1.165, 1.54) is 6.20 Å². The number of nitrogens with one attached hydrogen (secondary N) is 1. The van der Waals surface area contributed by atoms with Crippen LogP contribution in [0.1, 0.15) is 16.1 Å². The van der Waals surface area contributed by atoms with Gasteiger partial charge >= 0.3 is 0 Å². The summed E-state index contributed by atoms with van der Waals surface area (Å²) >= 11 is 0. The molecule has 0 atom stereocenters. The first-order valence-electron chi connectivity index (χ1n) is 8.57. The summed E-state index contributed by atoms with van der Waals surface area (Å²) in [5.74, 6) is 0.685. The van der Waals surface area contributed by atoms with Crippen molar-refractivity contribution in [3.05, 3.63) is 60.0 Å². The Labute approximate surface area is 151 Å². The van der Waals surface area contributed by atoms with Crippen molar-refractivity contribution in [2.75, 3.05) is 31.2 Å². The number of benzene rings is 1. The number of para-hydroxylation sites is 2. The van der Waals surface area contributed by atoms with Crippen molar-refractivity contribution >= 4 is 22.8 Å². The molecule has 1 saturated heterocycles. The van der Waals surface area contributed by atoms with E-state index in [0.29, 0.717) is 17.8 Å². The lowest BCUT2D eigenvalue weighted by molar-refractivity contribution is 0.0946. The monoisotopic (exact) mass is 349 g/mol. The summed E-state index contributed by atoms with van der Waals surface area (Å²) in [6.45, 7) is 3.55. The van der Waals surface area contributed by atoms with Gasteiger partial charge in [-0.05, 0) is 23.8 Å². The zero-order valence-electron chi connectivity index (χ0n) is 14.3. The number of fused-ring (bicyclic) bond motifs is 1. The Hall–Kier alpha value is -3.06. The fraction of sp³-hybridized carbons (Fsp3) is 0.263. The zero-order valence-corrected chi connectivity index (χ0v) is 14.3. The molecule has 1 fully saturated rings. The molecule has 1 N–H and O–H groups in total. The highest BCUT2D eigenvalue weighted by Crippen LogP contribution is 2.13. The Morgan fingerprint density at radius 2 is 1.85 bits per heavy atom. The van der Waals surface area contributed by atoms with Crippen molar-refractivity contribution in [1.29, 1.82) is 0 Å². The fourth-order valence-electron chi connectivity index (χ4n) is 2.84. The highest BCUT2D eigenvalue weighted by atomic mass is 16.5. The summed E-state index contributed by atoms with van der Waals surface area (Å²) in [6.07, 6.45) is 3.29. The molecular formula is C19H19N5O2. The first-order valence-corrected chi connectivity index (χ1v) is 8.57. The quantitative estimate of drug-likeness (QED) is 0.773. The molecule has 0 aliphatic carbocycles. The van der Waals surface area contributed by atoms with E-state index in [-0.39, 0.29) is 5.91 Å². The molecule has 0 bridgehead atoms. The second-order valence-corrected chi connectivity index (χ2v) is 6.05. The van der Waals surface area contributed by atoms with Crippen molar-refractivity contribution < 1.29 is 9.53 Å². The Morgan fingerprint density at radius 1 is 1.04 bits per heavy atom. The van der Waals surface area contributed by atoms with Gasteiger partial charge in [0.05, 0.1) is 30.4 Å². The molecule has 3 aromatic rings. The van der Waals surface area contributed by atoms with Crippen molar-refractivity contribution in [2.45, 2.75) is 6.54 Å². The predicted octanol–water partition coefficient (Wildman–Crippen LogP) is 1.79. The van der Waals surface area contributed by atoms with E-state index < -0.39 is 0 Å². The summed E-state index contributed by atoms with van der Waals surface area (Å²) in [5, 5.41) is 2.86. The number of carbonyl (C=O) groups excluding carboxylic acids is 1. The lowest BCUT2D eigenvalue weighted by atomic mass is 10.2. The normalized spacial score (nSPS) is 14.4. The van der Waals surface area contributed by atoms with Gasteiger partial charge < -0.3 is 15.0 Å². The van der Waals surface area contributed by atoms with Crippen LogP contribution in [0, 0.1) is 0 Å². The molecule has 1 aliphatic heterocycles. The Kier molecular flexibility index (Phi) is 4.70. The molecule has 1 aliphatic rings. The van der Waals surface area contributed by atoms with Crippen LogP contribution in [0.2, 0.25) is 0 Å². The molecule has 26 heavy (non-hydrogen) atoms. The molecule has 0 unspecified atom stereocenters. The minimum Gasteiger partial charge on any atom is -0.378 e. The molecular weight excluding hydrogens is 330 g/mol.